The molecule has 3 rings (SSSR count). The van der Waals surface area contributed by atoms with Crippen LogP contribution < -0.4 is 10.1 Å². The highest BCUT2D eigenvalue weighted by molar-refractivity contribution is 7.09. The third-order valence-electron chi connectivity index (χ3n) is 4.35. The number of rotatable bonds is 7. The molecule has 1 aliphatic heterocycles. The number of nitrogens with zero attached hydrogens (tertiary/aromatic N) is 3. The fourth-order valence-corrected chi connectivity index (χ4v) is 3.66. The zero-order valence-corrected chi connectivity index (χ0v) is 16.2. The van der Waals surface area contributed by atoms with Crippen molar-refractivity contribution in [2.75, 3.05) is 44.6 Å². The number of hydrogen-bond donors (Lipinski definition) is 1. The Balaban J connectivity index is 1.45. The van der Waals surface area contributed by atoms with Crippen molar-refractivity contribution < 1.29 is 9.53 Å². The van der Waals surface area contributed by atoms with E-state index in [0.29, 0.717) is 18.9 Å². The second kappa shape index (κ2) is 9.12. The molecule has 1 aromatic carbocycles. The fraction of sp³-hybridized carbons (Fsp3) is 0.474. The van der Waals surface area contributed by atoms with Gasteiger partial charge < -0.3 is 10.1 Å². The molecule has 2 heterocycles. The van der Waals surface area contributed by atoms with Gasteiger partial charge in [-0.05, 0) is 26.0 Å². The Morgan fingerprint density at radius 1 is 1.23 bits per heavy atom. The number of nitrogens with one attached hydrogen (secondary N) is 1. The van der Waals surface area contributed by atoms with Crippen molar-refractivity contribution in [2.45, 2.75) is 20.4 Å². The van der Waals surface area contributed by atoms with Crippen LogP contribution >= 0.6 is 11.3 Å². The predicted octanol–water partition coefficient (Wildman–Crippen LogP) is 2.61. The highest BCUT2D eigenvalue weighted by Gasteiger charge is 2.20. The molecular formula is C19H26N4O2S. The highest BCUT2D eigenvalue weighted by atomic mass is 32.1. The van der Waals surface area contributed by atoms with Gasteiger partial charge in [0.1, 0.15) is 5.75 Å². The average Bonchev–Trinajstić information content (AvgIpc) is 3.03. The van der Waals surface area contributed by atoms with E-state index in [4.69, 9.17) is 4.74 Å². The highest BCUT2D eigenvalue weighted by Crippen LogP contribution is 2.23. The normalized spacial score (nSPS) is 15.8. The number of anilines is 1. The molecule has 0 atom stereocenters. The number of benzene rings is 1. The first-order chi connectivity index (χ1) is 12.6. The molecule has 0 saturated carbocycles. The minimum atomic E-state index is 0.000675. The van der Waals surface area contributed by atoms with E-state index in [0.717, 1.165) is 49.1 Å². The molecule has 26 heavy (non-hydrogen) atoms. The summed E-state index contributed by atoms with van der Waals surface area (Å²) in [5.41, 5.74) is 1.88. The molecule has 140 valence electrons. The summed E-state index contributed by atoms with van der Waals surface area (Å²) in [5, 5.41) is 6.21. The minimum Gasteiger partial charge on any atom is -0.492 e. The molecule has 0 spiro atoms. The summed E-state index contributed by atoms with van der Waals surface area (Å²) in [7, 11) is 0. The molecular weight excluding hydrogens is 348 g/mol. The quantitative estimate of drug-likeness (QED) is 0.807. The summed E-state index contributed by atoms with van der Waals surface area (Å²) >= 11 is 1.70. The number of carbonyl (C=O) groups is 1. The third kappa shape index (κ3) is 5.27. The summed E-state index contributed by atoms with van der Waals surface area (Å²) < 4.78 is 5.56. The van der Waals surface area contributed by atoms with Crippen molar-refractivity contribution in [2.24, 2.45) is 0 Å². The smallest absolute Gasteiger partial charge is 0.238 e. The second-order valence-corrected chi connectivity index (χ2v) is 7.45. The molecule has 1 saturated heterocycles. The van der Waals surface area contributed by atoms with Crippen LogP contribution in [0.2, 0.25) is 0 Å². The molecule has 1 aliphatic rings. The number of carbonyl (C=O) groups excluding carboxylic acids is 1. The first-order valence-corrected chi connectivity index (χ1v) is 9.89. The van der Waals surface area contributed by atoms with Gasteiger partial charge in [0.2, 0.25) is 5.91 Å². The van der Waals surface area contributed by atoms with Crippen LogP contribution in [0.3, 0.4) is 0 Å². The number of thiazole rings is 1. The molecule has 7 heteroatoms. The Morgan fingerprint density at radius 3 is 2.65 bits per heavy atom. The van der Waals surface area contributed by atoms with E-state index in [9.17, 15) is 4.79 Å². The molecule has 0 aliphatic carbocycles. The van der Waals surface area contributed by atoms with E-state index in [2.05, 4.69) is 25.5 Å². The zero-order chi connectivity index (χ0) is 18.4. The third-order valence-corrected chi connectivity index (χ3v) is 5.17. The molecule has 1 amide bonds. The number of ether oxygens (including phenoxy) is 1. The number of amides is 1. The standard InChI is InChI=1S/C19H26N4O2S/c1-3-25-18-7-5-4-6-17(18)21-19(24)13-23-10-8-22(9-11-23)12-16-14-26-15(2)20-16/h4-7,14H,3,8-13H2,1-2H3,(H,21,24). The summed E-state index contributed by atoms with van der Waals surface area (Å²) in [6.45, 7) is 9.55. The van der Waals surface area contributed by atoms with Crippen LogP contribution in [0.1, 0.15) is 17.6 Å². The van der Waals surface area contributed by atoms with Gasteiger partial charge in [-0.1, -0.05) is 12.1 Å². The molecule has 1 fully saturated rings. The Morgan fingerprint density at radius 2 is 1.96 bits per heavy atom. The second-order valence-electron chi connectivity index (χ2n) is 6.39. The van der Waals surface area contributed by atoms with Crippen LogP contribution in [0.15, 0.2) is 29.6 Å². The topological polar surface area (TPSA) is 57.7 Å². The first-order valence-electron chi connectivity index (χ1n) is 9.01. The van der Waals surface area contributed by atoms with E-state index >= 15 is 0 Å². The lowest BCUT2D eigenvalue weighted by Crippen LogP contribution is -2.48. The molecule has 1 aromatic heterocycles. The van der Waals surface area contributed by atoms with Crippen molar-refractivity contribution in [3.05, 3.63) is 40.3 Å². The van der Waals surface area contributed by atoms with E-state index in [1.165, 1.54) is 0 Å². The van der Waals surface area contributed by atoms with Crippen molar-refractivity contribution >= 4 is 22.9 Å². The van der Waals surface area contributed by atoms with E-state index in [-0.39, 0.29) is 5.91 Å². The summed E-state index contributed by atoms with van der Waals surface area (Å²) in [5.74, 6) is 0.715. The van der Waals surface area contributed by atoms with Crippen LogP contribution in [0.4, 0.5) is 5.69 Å². The lowest BCUT2D eigenvalue weighted by Gasteiger charge is -2.33. The first kappa shape index (κ1) is 18.8. The molecule has 0 radical (unpaired) electrons. The number of para-hydroxylation sites is 2. The molecule has 0 unspecified atom stereocenters. The number of piperazine rings is 1. The summed E-state index contributed by atoms with van der Waals surface area (Å²) in [4.78, 5) is 21.5. The fourth-order valence-electron chi connectivity index (χ4n) is 3.06. The molecule has 2 aromatic rings. The maximum atomic E-state index is 12.4. The Labute approximate surface area is 158 Å². The Kier molecular flexibility index (Phi) is 6.60. The zero-order valence-electron chi connectivity index (χ0n) is 15.4. The van der Waals surface area contributed by atoms with Gasteiger partial charge in [0.15, 0.2) is 0 Å². The monoisotopic (exact) mass is 374 g/mol. The molecule has 6 nitrogen and oxygen atoms in total. The maximum absolute atomic E-state index is 12.4. The van der Waals surface area contributed by atoms with Crippen LogP contribution in [0.5, 0.6) is 5.75 Å². The summed E-state index contributed by atoms with van der Waals surface area (Å²) in [6.07, 6.45) is 0. The van der Waals surface area contributed by atoms with Crippen molar-refractivity contribution in [1.29, 1.82) is 0 Å². The van der Waals surface area contributed by atoms with Gasteiger partial charge in [0.25, 0.3) is 0 Å². The lowest BCUT2D eigenvalue weighted by atomic mass is 10.2. The predicted molar refractivity (Wildman–Crippen MR) is 105 cm³/mol. The summed E-state index contributed by atoms with van der Waals surface area (Å²) in [6, 6.07) is 7.55. The molecule has 0 bridgehead atoms. The maximum Gasteiger partial charge on any atom is 0.238 e. The van der Waals surface area contributed by atoms with Gasteiger partial charge >= 0.3 is 0 Å². The SMILES string of the molecule is CCOc1ccccc1NC(=O)CN1CCN(Cc2csc(C)n2)CC1. The van der Waals surface area contributed by atoms with Crippen molar-refractivity contribution in [3.8, 4) is 5.75 Å². The molecule has 1 N–H and O–H groups in total. The number of aromatic nitrogens is 1. The van der Waals surface area contributed by atoms with Crippen LogP contribution in [-0.2, 0) is 11.3 Å². The van der Waals surface area contributed by atoms with E-state index < -0.39 is 0 Å². The minimum absolute atomic E-state index is 0.000675. The van der Waals surface area contributed by atoms with Crippen molar-refractivity contribution in [1.82, 2.24) is 14.8 Å². The van der Waals surface area contributed by atoms with Gasteiger partial charge in [0, 0.05) is 38.1 Å². The Hall–Kier alpha value is -1.96. The van der Waals surface area contributed by atoms with Crippen LogP contribution in [-0.4, -0.2) is 60.0 Å². The lowest BCUT2D eigenvalue weighted by molar-refractivity contribution is -0.117. The van der Waals surface area contributed by atoms with E-state index in [1.54, 1.807) is 11.3 Å². The van der Waals surface area contributed by atoms with Crippen molar-refractivity contribution in [3.63, 3.8) is 0 Å². The Bertz CT molecular complexity index is 726. The van der Waals surface area contributed by atoms with Gasteiger partial charge in [-0.15, -0.1) is 11.3 Å². The average molecular weight is 375 g/mol. The van der Waals surface area contributed by atoms with Gasteiger partial charge in [-0.3, -0.25) is 14.6 Å². The number of aryl methyl sites for hydroxylation is 1. The van der Waals surface area contributed by atoms with Gasteiger partial charge in [-0.2, -0.15) is 0 Å². The largest absolute Gasteiger partial charge is 0.492 e. The van der Waals surface area contributed by atoms with Gasteiger partial charge in [0.05, 0.1) is 29.5 Å². The van der Waals surface area contributed by atoms with E-state index in [1.807, 2.05) is 38.1 Å². The van der Waals surface area contributed by atoms with Crippen LogP contribution in [0, 0.1) is 6.92 Å². The van der Waals surface area contributed by atoms with Crippen LogP contribution in [0.25, 0.3) is 0 Å². The van der Waals surface area contributed by atoms with Gasteiger partial charge in [-0.25, -0.2) is 4.98 Å². The number of hydrogen-bond acceptors (Lipinski definition) is 6.